The van der Waals surface area contributed by atoms with Gasteiger partial charge in [-0.1, -0.05) is 19.8 Å². The van der Waals surface area contributed by atoms with Gasteiger partial charge in [-0.25, -0.2) is 0 Å². The van der Waals surface area contributed by atoms with Crippen LogP contribution >= 0.6 is 0 Å². The van der Waals surface area contributed by atoms with Crippen LogP contribution in [-0.2, 0) is 0 Å². The molecule has 0 radical (unpaired) electrons. The van der Waals surface area contributed by atoms with Crippen LogP contribution in [0.15, 0.2) is 0 Å². The van der Waals surface area contributed by atoms with Crippen LogP contribution in [0.5, 0.6) is 0 Å². The van der Waals surface area contributed by atoms with Gasteiger partial charge in [-0.3, -0.25) is 4.90 Å². The molecule has 0 atom stereocenters. The molecule has 0 spiro atoms. The van der Waals surface area contributed by atoms with E-state index in [9.17, 15) is 0 Å². The molecule has 0 N–H and O–H groups in total. The van der Waals surface area contributed by atoms with Crippen LogP contribution in [-0.4, -0.2) is 48.6 Å². The lowest BCUT2D eigenvalue weighted by Crippen LogP contribution is -2.51. The molecule has 0 aromatic rings. The molecule has 2 saturated carbocycles. The molecule has 19 heavy (non-hydrogen) atoms. The number of piperazine rings is 1. The summed E-state index contributed by atoms with van der Waals surface area (Å²) < 4.78 is 0. The highest BCUT2D eigenvalue weighted by Crippen LogP contribution is 2.32. The molecule has 0 aromatic carbocycles. The first-order valence-electron chi connectivity index (χ1n) is 8.81. The smallest absolute Gasteiger partial charge is 0.0113 e. The summed E-state index contributed by atoms with van der Waals surface area (Å²) in [6.07, 6.45) is 11.8. The molecule has 110 valence electrons. The Morgan fingerprint density at radius 2 is 1.42 bits per heavy atom. The maximum Gasteiger partial charge on any atom is 0.0113 e. The third-order valence-electron chi connectivity index (χ3n) is 5.65. The summed E-state index contributed by atoms with van der Waals surface area (Å²) in [7, 11) is 0. The Balaban J connectivity index is 1.37. The van der Waals surface area contributed by atoms with E-state index in [1.165, 1.54) is 84.1 Å². The molecule has 3 fully saturated rings. The number of hydrogen-bond donors (Lipinski definition) is 0. The second-order valence-corrected chi connectivity index (χ2v) is 7.24. The van der Waals surface area contributed by atoms with Gasteiger partial charge in [0.15, 0.2) is 0 Å². The van der Waals surface area contributed by atoms with E-state index in [4.69, 9.17) is 0 Å². The molecular formula is C17H32N2. The summed E-state index contributed by atoms with van der Waals surface area (Å²) in [6, 6.07) is 0.927. The third kappa shape index (κ3) is 3.95. The summed E-state index contributed by atoms with van der Waals surface area (Å²) >= 11 is 0. The highest BCUT2D eigenvalue weighted by atomic mass is 15.3. The van der Waals surface area contributed by atoms with Gasteiger partial charge in [0.25, 0.3) is 0 Å². The van der Waals surface area contributed by atoms with Crippen LogP contribution in [0.4, 0.5) is 0 Å². The molecule has 3 aliphatic rings. The third-order valence-corrected chi connectivity index (χ3v) is 5.65. The predicted octanol–water partition coefficient (Wildman–Crippen LogP) is 3.37. The van der Waals surface area contributed by atoms with Gasteiger partial charge >= 0.3 is 0 Å². The molecule has 0 amide bonds. The zero-order valence-corrected chi connectivity index (χ0v) is 12.8. The van der Waals surface area contributed by atoms with Gasteiger partial charge in [0.05, 0.1) is 0 Å². The summed E-state index contributed by atoms with van der Waals surface area (Å²) in [4.78, 5) is 5.53. The molecule has 2 nitrogen and oxygen atoms in total. The SMILES string of the molecule is CCCC1CCC(N2CCN(CC3CC3)CC2)CC1. The number of rotatable bonds is 5. The van der Waals surface area contributed by atoms with Gasteiger partial charge in [0, 0.05) is 38.8 Å². The predicted molar refractivity (Wildman–Crippen MR) is 81.4 cm³/mol. The fourth-order valence-electron chi connectivity index (χ4n) is 4.18. The molecule has 2 heteroatoms. The van der Waals surface area contributed by atoms with E-state index in [-0.39, 0.29) is 0 Å². The molecule has 2 aliphatic carbocycles. The van der Waals surface area contributed by atoms with Crippen LogP contribution in [0, 0.1) is 11.8 Å². The van der Waals surface area contributed by atoms with Gasteiger partial charge < -0.3 is 4.90 Å². The highest BCUT2D eigenvalue weighted by molar-refractivity contribution is 4.85. The first kappa shape index (κ1) is 13.9. The van der Waals surface area contributed by atoms with Crippen molar-refractivity contribution < 1.29 is 0 Å². The monoisotopic (exact) mass is 264 g/mol. The lowest BCUT2D eigenvalue weighted by Gasteiger charge is -2.42. The van der Waals surface area contributed by atoms with Crippen molar-refractivity contribution in [3.8, 4) is 0 Å². The van der Waals surface area contributed by atoms with E-state index in [1.54, 1.807) is 0 Å². The zero-order valence-electron chi connectivity index (χ0n) is 12.8. The van der Waals surface area contributed by atoms with Crippen molar-refractivity contribution in [1.29, 1.82) is 0 Å². The normalized spacial score (nSPS) is 34.6. The fraction of sp³-hybridized carbons (Fsp3) is 1.00. The first-order chi connectivity index (χ1) is 9.35. The van der Waals surface area contributed by atoms with Crippen molar-refractivity contribution in [1.82, 2.24) is 9.80 Å². The standard InChI is InChI=1S/C17H32N2/c1-2-3-15-6-8-17(9-7-15)19-12-10-18(11-13-19)14-16-4-5-16/h15-17H,2-14H2,1H3. The first-order valence-corrected chi connectivity index (χ1v) is 8.81. The number of hydrogen-bond acceptors (Lipinski definition) is 2. The molecule has 0 bridgehead atoms. The Morgan fingerprint density at radius 3 is 2.00 bits per heavy atom. The molecule has 0 aromatic heterocycles. The Hall–Kier alpha value is -0.0800. The molecule has 3 rings (SSSR count). The summed E-state index contributed by atoms with van der Waals surface area (Å²) in [6.45, 7) is 9.10. The maximum absolute atomic E-state index is 2.81. The highest BCUT2D eigenvalue weighted by Gasteiger charge is 2.30. The van der Waals surface area contributed by atoms with Crippen LogP contribution < -0.4 is 0 Å². The van der Waals surface area contributed by atoms with Crippen molar-refractivity contribution in [3.63, 3.8) is 0 Å². The van der Waals surface area contributed by atoms with E-state index in [0.717, 1.165) is 17.9 Å². The summed E-state index contributed by atoms with van der Waals surface area (Å²) in [5.74, 6) is 2.12. The molecule has 1 saturated heterocycles. The lowest BCUT2D eigenvalue weighted by atomic mass is 9.83. The molecule has 0 unspecified atom stereocenters. The quantitative estimate of drug-likeness (QED) is 0.751. The Morgan fingerprint density at radius 1 is 0.789 bits per heavy atom. The topological polar surface area (TPSA) is 6.48 Å². The van der Waals surface area contributed by atoms with Crippen molar-refractivity contribution in [2.75, 3.05) is 32.7 Å². The average Bonchev–Trinajstić information content (AvgIpc) is 3.25. The molecule has 1 heterocycles. The minimum absolute atomic E-state index is 0.927. The second-order valence-electron chi connectivity index (χ2n) is 7.24. The van der Waals surface area contributed by atoms with Gasteiger partial charge in [0.2, 0.25) is 0 Å². The van der Waals surface area contributed by atoms with Crippen LogP contribution in [0.3, 0.4) is 0 Å². The van der Waals surface area contributed by atoms with Gasteiger partial charge in [0.1, 0.15) is 0 Å². The minimum atomic E-state index is 0.927. The van der Waals surface area contributed by atoms with Crippen molar-refractivity contribution >= 4 is 0 Å². The van der Waals surface area contributed by atoms with E-state index in [1.807, 2.05) is 0 Å². The Kier molecular flexibility index (Phi) is 4.81. The summed E-state index contributed by atoms with van der Waals surface area (Å²) in [5.41, 5.74) is 0. The van der Waals surface area contributed by atoms with Crippen LogP contribution in [0.1, 0.15) is 58.3 Å². The largest absolute Gasteiger partial charge is 0.301 e. The van der Waals surface area contributed by atoms with Crippen molar-refractivity contribution in [2.45, 2.75) is 64.3 Å². The van der Waals surface area contributed by atoms with Crippen LogP contribution in [0.25, 0.3) is 0 Å². The lowest BCUT2D eigenvalue weighted by molar-refractivity contribution is 0.0677. The van der Waals surface area contributed by atoms with Gasteiger partial charge in [-0.2, -0.15) is 0 Å². The second kappa shape index (κ2) is 6.58. The minimum Gasteiger partial charge on any atom is -0.301 e. The average molecular weight is 264 g/mol. The fourth-order valence-corrected chi connectivity index (χ4v) is 4.18. The molecular weight excluding hydrogens is 232 g/mol. The van der Waals surface area contributed by atoms with E-state index in [2.05, 4.69) is 16.7 Å². The van der Waals surface area contributed by atoms with Crippen molar-refractivity contribution in [3.05, 3.63) is 0 Å². The molecule has 1 aliphatic heterocycles. The van der Waals surface area contributed by atoms with Gasteiger partial charge in [-0.05, 0) is 50.4 Å². The maximum atomic E-state index is 2.81. The Labute approximate surface area is 119 Å². The zero-order chi connectivity index (χ0) is 13.1. The van der Waals surface area contributed by atoms with E-state index in [0.29, 0.717) is 0 Å². The number of nitrogens with zero attached hydrogens (tertiary/aromatic N) is 2. The van der Waals surface area contributed by atoms with Gasteiger partial charge in [-0.15, -0.1) is 0 Å². The summed E-state index contributed by atoms with van der Waals surface area (Å²) in [5, 5.41) is 0. The van der Waals surface area contributed by atoms with Crippen molar-refractivity contribution in [2.24, 2.45) is 11.8 Å². The van der Waals surface area contributed by atoms with E-state index < -0.39 is 0 Å². The van der Waals surface area contributed by atoms with E-state index >= 15 is 0 Å². The van der Waals surface area contributed by atoms with Crippen LogP contribution in [0.2, 0.25) is 0 Å². The Bertz CT molecular complexity index is 258.